The molecular formula is C17H18ClFN6. The summed E-state index contributed by atoms with van der Waals surface area (Å²) in [4.78, 5) is 5.56. The van der Waals surface area contributed by atoms with Crippen molar-refractivity contribution in [2.24, 2.45) is 5.73 Å². The van der Waals surface area contributed by atoms with Crippen molar-refractivity contribution in [1.29, 1.82) is 5.41 Å². The van der Waals surface area contributed by atoms with Gasteiger partial charge in [0.1, 0.15) is 29.0 Å². The molecule has 25 heavy (non-hydrogen) atoms. The fraction of sp³-hybridized carbons (Fsp3) is 0.176. The second-order valence-electron chi connectivity index (χ2n) is 5.89. The lowest BCUT2D eigenvalue weighted by atomic mass is 9.93. The van der Waals surface area contributed by atoms with Crippen molar-refractivity contribution in [1.82, 2.24) is 9.88 Å². The summed E-state index contributed by atoms with van der Waals surface area (Å²) in [7, 11) is 0. The van der Waals surface area contributed by atoms with Crippen LogP contribution in [0, 0.1) is 11.2 Å². The van der Waals surface area contributed by atoms with Gasteiger partial charge < -0.3 is 22.1 Å². The molecule has 1 aromatic carbocycles. The topological polar surface area (TPSA) is 118 Å². The minimum atomic E-state index is -1.25. The van der Waals surface area contributed by atoms with Gasteiger partial charge in [0.25, 0.3) is 0 Å². The molecule has 0 saturated carbocycles. The Labute approximate surface area is 149 Å². The molecule has 0 aliphatic carbocycles. The molecule has 1 aromatic heterocycles. The van der Waals surface area contributed by atoms with Gasteiger partial charge in [-0.1, -0.05) is 29.8 Å². The van der Waals surface area contributed by atoms with E-state index in [4.69, 9.17) is 34.2 Å². The molecule has 0 saturated heterocycles. The maximum absolute atomic E-state index is 13.5. The molecule has 6 nitrogen and oxygen atoms in total. The lowest BCUT2D eigenvalue weighted by Crippen LogP contribution is -2.55. The summed E-state index contributed by atoms with van der Waals surface area (Å²) in [5.74, 6) is 0.171. The number of hydrogen-bond acceptors (Lipinski definition) is 5. The molecule has 1 aliphatic rings. The number of aromatic nitrogens is 1. The molecule has 1 unspecified atom stereocenters. The smallest absolute Gasteiger partial charge is 0.145 e. The van der Waals surface area contributed by atoms with Gasteiger partial charge in [0.15, 0.2) is 0 Å². The number of anilines is 2. The van der Waals surface area contributed by atoms with Crippen molar-refractivity contribution in [3.63, 3.8) is 0 Å². The Morgan fingerprint density at radius 2 is 2.08 bits per heavy atom. The molecule has 8 heteroatoms. The maximum atomic E-state index is 13.5. The van der Waals surface area contributed by atoms with Gasteiger partial charge in [-0.05, 0) is 29.8 Å². The van der Waals surface area contributed by atoms with Crippen LogP contribution in [0.5, 0.6) is 0 Å². The predicted molar refractivity (Wildman–Crippen MR) is 97.4 cm³/mol. The molecule has 1 aliphatic heterocycles. The highest BCUT2D eigenvalue weighted by Gasteiger charge is 2.38. The van der Waals surface area contributed by atoms with Crippen LogP contribution in [0.2, 0.25) is 5.02 Å². The highest BCUT2D eigenvalue weighted by molar-refractivity contribution is 6.33. The van der Waals surface area contributed by atoms with Crippen LogP contribution in [0.25, 0.3) is 0 Å². The quantitative estimate of drug-likeness (QED) is 0.627. The average molecular weight is 361 g/mol. The maximum Gasteiger partial charge on any atom is 0.145 e. The van der Waals surface area contributed by atoms with Crippen LogP contribution in [0.4, 0.5) is 16.0 Å². The van der Waals surface area contributed by atoms with Gasteiger partial charge >= 0.3 is 0 Å². The zero-order chi connectivity index (χ0) is 18.2. The Morgan fingerprint density at radius 3 is 2.80 bits per heavy atom. The summed E-state index contributed by atoms with van der Waals surface area (Å²) in [6.07, 6.45) is 3.93. The largest absolute Gasteiger partial charge is 0.384 e. The fourth-order valence-corrected chi connectivity index (χ4v) is 3.16. The summed E-state index contributed by atoms with van der Waals surface area (Å²) >= 11 is 6.32. The van der Waals surface area contributed by atoms with E-state index in [9.17, 15) is 4.39 Å². The van der Waals surface area contributed by atoms with E-state index in [0.717, 1.165) is 0 Å². The van der Waals surface area contributed by atoms with Crippen LogP contribution >= 0.6 is 11.6 Å². The van der Waals surface area contributed by atoms with E-state index in [-0.39, 0.29) is 34.9 Å². The van der Waals surface area contributed by atoms with Crippen LogP contribution in [0.3, 0.4) is 0 Å². The van der Waals surface area contributed by atoms with Gasteiger partial charge in [-0.15, -0.1) is 0 Å². The second kappa shape index (κ2) is 6.34. The molecule has 2 aromatic rings. The van der Waals surface area contributed by atoms with Crippen LogP contribution in [0.1, 0.15) is 17.5 Å². The third-order valence-electron chi connectivity index (χ3n) is 4.12. The van der Waals surface area contributed by atoms with E-state index in [2.05, 4.69) is 4.98 Å². The summed E-state index contributed by atoms with van der Waals surface area (Å²) in [6.45, 7) is 0.232. The zero-order valence-electron chi connectivity index (χ0n) is 13.3. The first-order valence-corrected chi connectivity index (χ1v) is 7.97. The highest BCUT2D eigenvalue weighted by atomic mass is 35.5. The Morgan fingerprint density at radius 1 is 1.32 bits per heavy atom. The molecule has 3 rings (SSSR count). The average Bonchev–Trinajstić information content (AvgIpc) is 2.54. The van der Waals surface area contributed by atoms with Crippen LogP contribution in [-0.2, 0) is 12.2 Å². The van der Waals surface area contributed by atoms with E-state index < -0.39 is 5.66 Å². The number of rotatable bonds is 3. The predicted octanol–water partition coefficient (Wildman–Crippen LogP) is 2.59. The van der Waals surface area contributed by atoms with Crippen molar-refractivity contribution in [3.05, 3.63) is 64.5 Å². The van der Waals surface area contributed by atoms with Crippen molar-refractivity contribution >= 4 is 29.1 Å². The standard InChI is InChI=1S/C17H18ClFN6/c18-15-12(8-13(20)24-16(15)22)17(23)6-2-5-14(21)25(17)9-10-3-1-4-11(19)7-10/h1-4,6-8,21H,5,9,23H2,(H4,20,22,24). The number of nitrogens with two attached hydrogens (primary N) is 3. The Balaban J connectivity index is 2.09. The van der Waals surface area contributed by atoms with Gasteiger partial charge in [0.2, 0.25) is 0 Å². The molecular weight excluding hydrogens is 343 g/mol. The number of nitrogen functional groups attached to an aromatic ring is 2. The van der Waals surface area contributed by atoms with E-state index in [1.807, 2.05) is 0 Å². The first-order valence-electron chi connectivity index (χ1n) is 7.59. The van der Waals surface area contributed by atoms with Crippen molar-refractivity contribution in [2.45, 2.75) is 18.6 Å². The lowest BCUT2D eigenvalue weighted by molar-refractivity contribution is 0.217. The molecule has 0 fully saturated rings. The second-order valence-corrected chi connectivity index (χ2v) is 6.27. The summed E-state index contributed by atoms with van der Waals surface area (Å²) in [6, 6.07) is 7.69. The molecule has 130 valence electrons. The summed E-state index contributed by atoms with van der Waals surface area (Å²) in [5, 5.41) is 8.49. The normalized spacial score (nSPS) is 20.1. The fourth-order valence-electron chi connectivity index (χ4n) is 2.91. The first kappa shape index (κ1) is 17.2. The van der Waals surface area contributed by atoms with E-state index in [1.54, 1.807) is 35.3 Å². The molecule has 7 N–H and O–H groups in total. The minimum Gasteiger partial charge on any atom is -0.384 e. The van der Waals surface area contributed by atoms with Crippen LogP contribution < -0.4 is 17.2 Å². The lowest BCUT2D eigenvalue weighted by Gasteiger charge is -2.43. The van der Waals surface area contributed by atoms with Gasteiger partial charge in [-0.3, -0.25) is 5.41 Å². The zero-order valence-corrected chi connectivity index (χ0v) is 14.1. The number of benzene rings is 1. The van der Waals surface area contributed by atoms with Crippen molar-refractivity contribution in [3.8, 4) is 0 Å². The molecule has 1 atom stereocenters. The summed E-state index contributed by atoms with van der Waals surface area (Å²) < 4.78 is 13.5. The summed E-state index contributed by atoms with van der Waals surface area (Å²) in [5.41, 5.74) is 18.1. The molecule has 2 heterocycles. The number of nitrogens with zero attached hydrogens (tertiary/aromatic N) is 2. The Kier molecular flexibility index (Phi) is 4.36. The number of pyridine rings is 1. The minimum absolute atomic E-state index is 0.0673. The van der Waals surface area contributed by atoms with Crippen LogP contribution in [-0.4, -0.2) is 15.7 Å². The van der Waals surface area contributed by atoms with Crippen molar-refractivity contribution < 1.29 is 4.39 Å². The molecule has 0 bridgehead atoms. The van der Waals surface area contributed by atoms with E-state index >= 15 is 0 Å². The van der Waals surface area contributed by atoms with Gasteiger partial charge in [-0.25, -0.2) is 9.37 Å². The molecule has 0 radical (unpaired) electrons. The van der Waals surface area contributed by atoms with Gasteiger partial charge in [0, 0.05) is 18.5 Å². The Bertz CT molecular complexity index is 868. The van der Waals surface area contributed by atoms with Crippen LogP contribution in [0.15, 0.2) is 42.5 Å². The SMILES string of the molecule is N=C1CC=CC(N)(c2cc(N)nc(N)c2Cl)N1Cc1cccc(F)c1. The number of nitrogens with one attached hydrogen (secondary N) is 1. The van der Waals surface area contributed by atoms with E-state index in [1.165, 1.54) is 12.1 Å². The number of halogens is 2. The number of hydrogen-bond donors (Lipinski definition) is 4. The first-order chi connectivity index (χ1) is 11.8. The molecule has 0 spiro atoms. The van der Waals surface area contributed by atoms with Crippen molar-refractivity contribution in [2.75, 3.05) is 11.5 Å². The van der Waals surface area contributed by atoms with E-state index in [0.29, 0.717) is 17.5 Å². The third kappa shape index (κ3) is 3.16. The third-order valence-corrected chi connectivity index (χ3v) is 4.52. The monoisotopic (exact) mass is 360 g/mol. The molecule has 0 amide bonds. The van der Waals surface area contributed by atoms with Gasteiger partial charge in [0.05, 0.1) is 5.02 Å². The van der Waals surface area contributed by atoms with Gasteiger partial charge in [-0.2, -0.15) is 0 Å². The highest BCUT2D eigenvalue weighted by Crippen LogP contribution is 2.37. The Hall–Kier alpha value is -2.64. The number of amidine groups is 1.